The van der Waals surface area contributed by atoms with E-state index in [-0.39, 0.29) is 5.41 Å². The quantitative estimate of drug-likeness (QED) is 0.849. The van der Waals surface area contributed by atoms with Crippen LogP contribution in [0, 0.1) is 0 Å². The zero-order chi connectivity index (χ0) is 14.4. The highest BCUT2D eigenvalue weighted by Gasteiger charge is 2.30. The zero-order valence-electron chi connectivity index (χ0n) is 11.7. The molecule has 1 unspecified atom stereocenters. The molecule has 20 heavy (non-hydrogen) atoms. The van der Waals surface area contributed by atoms with Crippen molar-refractivity contribution in [3.05, 3.63) is 71.0 Å². The highest BCUT2D eigenvalue weighted by atomic mass is 35.5. The minimum Gasteiger partial charge on any atom is -0.266 e. The molecule has 2 aromatic rings. The summed E-state index contributed by atoms with van der Waals surface area (Å²) < 4.78 is 0. The van der Waals surface area contributed by atoms with Crippen LogP contribution in [0.2, 0.25) is 5.02 Å². The summed E-state index contributed by atoms with van der Waals surface area (Å²) >= 11 is 6.26. The lowest BCUT2D eigenvalue weighted by molar-refractivity contribution is 0.560. The van der Waals surface area contributed by atoms with E-state index in [1.54, 1.807) is 12.4 Å². The topological polar surface area (TPSA) is 41.6 Å². The molecule has 0 amide bonds. The number of hydrogen-bond acceptors (Lipinski definition) is 2. The number of nitrogens with one attached hydrogen (secondary N) is 1. The minimum atomic E-state index is 0.0626. The number of nitrogens with zero attached hydrogens (tertiary/aromatic N) is 2. The Bertz CT molecular complexity index is 585. The van der Waals surface area contributed by atoms with Gasteiger partial charge in [-0.05, 0) is 25.0 Å². The monoisotopic (exact) mass is 287 g/mol. The molecule has 0 saturated carbocycles. The summed E-state index contributed by atoms with van der Waals surface area (Å²) in [6, 6.07) is 8.12. The average molecular weight is 288 g/mol. The summed E-state index contributed by atoms with van der Waals surface area (Å²) in [4.78, 5) is 0. The molecule has 1 atom stereocenters. The largest absolute Gasteiger partial charge is 0.266 e. The van der Waals surface area contributed by atoms with Crippen LogP contribution in [0.1, 0.15) is 25.8 Å². The number of hydrogen-bond donors (Lipinski definition) is 1. The summed E-state index contributed by atoms with van der Waals surface area (Å²) in [6.45, 7) is 4.43. The van der Waals surface area contributed by atoms with Gasteiger partial charge in [0, 0.05) is 16.6 Å². The molecule has 1 aromatic carbocycles. The normalized spacial score (nSPS) is 20.9. The molecule has 1 aliphatic carbocycles. The Morgan fingerprint density at radius 3 is 2.65 bits per heavy atom. The fourth-order valence-corrected chi connectivity index (χ4v) is 2.60. The molecular weight excluding hydrogens is 270 g/mol. The summed E-state index contributed by atoms with van der Waals surface area (Å²) in [5.74, 6) is 0. The molecule has 0 fully saturated rings. The Morgan fingerprint density at radius 1 is 1.30 bits per heavy atom. The van der Waals surface area contributed by atoms with Crippen LogP contribution in [0.15, 0.2) is 60.5 Å². The van der Waals surface area contributed by atoms with Crippen molar-refractivity contribution >= 4 is 11.6 Å². The van der Waals surface area contributed by atoms with Crippen molar-refractivity contribution in [1.29, 1.82) is 0 Å². The first-order chi connectivity index (χ1) is 9.64. The van der Waals surface area contributed by atoms with Crippen molar-refractivity contribution in [1.82, 2.24) is 15.4 Å². The standard InChI is InChI=1S/C14H15Cl.C2H3N3/c1-11-7-5-6-10-14(11,2)12-8-3-4-9-13(12)15;1-2-4-5-3-1/h3-9H,10H2,1-2H3;1-2H,(H,3,4,5). The SMILES string of the molecule is CC1=CC=CCC1(C)c1ccccc1Cl.c1c[nH]nn1. The van der Waals surface area contributed by atoms with E-state index in [4.69, 9.17) is 11.6 Å². The molecule has 0 spiro atoms. The number of halogens is 1. The van der Waals surface area contributed by atoms with E-state index in [1.807, 2.05) is 12.1 Å². The van der Waals surface area contributed by atoms with Crippen LogP contribution in [-0.2, 0) is 5.41 Å². The fourth-order valence-electron chi connectivity index (χ4n) is 2.26. The van der Waals surface area contributed by atoms with Gasteiger partial charge in [-0.2, -0.15) is 0 Å². The lowest BCUT2D eigenvalue weighted by Crippen LogP contribution is -2.24. The molecule has 3 rings (SSSR count). The van der Waals surface area contributed by atoms with Crippen LogP contribution in [0.25, 0.3) is 0 Å². The maximum Gasteiger partial charge on any atom is 0.0690 e. The van der Waals surface area contributed by atoms with E-state index in [0.29, 0.717) is 0 Å². The highest BCUT2D eigenvalue weighted by molar-refractivity contribution is 6.31. The van der Waals surface area contributed by atoms with Crippen LogP contribution >= 0.6 is 11.6 Å². The molecule has 1 aliphatic rings. The molecule has 1 N–H and O–H groups in total. The predicted octanol–water partition coefficient (Wildman–Crippen LogP) is 4.31. The number of aromatic amines is 1. The molecule has 0 aliphatic heterocycles. The first kappa shape index (κ1) is 14.5. The highest BCUT2D eigenvalue weighted by Crippen LogP contribution is 2.40. The van der Waals surface area contributed by atoms with Gasteiger partial charge in [-0.25, -0.2) is 0 Å². The van der Waals surface area contributed by atoms with Gasteiger partial charge in [-0.1, -0.05) is 65.7 Å². The molecule has 3 nitrogen and oxygen atoms in total. The van der Waals surface area contributed by atoms with Crippen LogP contribution in [0.4, 0.5) is 0 Å². The maximum atomic E-state index is 6.26. The number of H-pyrrole nitrogens is 1. The first-order valence-electron chi connectivity index (χ1n) is 6.54. The molecule has 1 heterocycles. The Morgan fingerprint density at radius 2 is 2.10 bits per heavy atom. The van der Waals surface area contributed by atoms with Crippen molar-refractivity contribution in [2.24, 2.45) is 0 Å². The second-order valence-corrected chi connectivity index (χ2v) is 5.36. The second kappa shape index (κ2) is 6.53. The molecule has 104 valence electrons. The van der Waals surface area contributed by atoms with Crippen LogP contribution < -0.4 is 0 Å². The summed E-state index contributed by atoms with van der Waals surface area (Å²) in [5.41, 5.74) is 2.66. The van der Waals surface area contributed by atoms with Crippen molar-refractivity contribution in [2.75, 3.05) is 0 Å². The van der Waals surface area contributed by atoms with E-state index in [9.17, 15) is 0 Å². The Hall–Kier alpha value is -1.87. The smallest absolute Gasteiger partial charge is 0.0690 e. The molecule has 0 saturated heterocycles. The third-order valence-electron chi connectivity index (χ3n) is 3.68. The number of benzene rings is 1. The Balaban J connectivity index is 0.000000247. The van der Waals surface area contributed by atoms with E-state index in [1.165, 1.54) is 11.1 Å². The summed E-state index contributed by atoms with van der Waals surface area (Å²) in [7, 11) is 0. The van der Waals surface area contributed by atoms with Crippen molar-refractivity contribution in [2.45, 2.75) is 25.7 Å². The molecule has 0 radical (unpaired) electrons. The van der Waals surface area contributed by atoms with Gasteiger partial charge < -0.3 is 0 Å². The summed E-state index contributed by atoms with van der Waals surface area (Å²) in [6.07, 6.45) is 10.8. The van der Waals surface area contributed by atoms with E-state index in [0.717, 1.165) is 11.4 Å². The van der Waals surface area contributed by atoms with Gasteiger partial charge in [0.1, 0.15) is 0 Å². The first-order valence-corrected chi connectivity index (χ1v) is 6.92. The van der Waals surface area contributed by atoms with Crippen LogP contribution in [0.5, 0.6) is 0 Å². The Kier molecular flexibility index (Phi) is 4.74. The van der Waals surface area contributed by atoms with Gasteiger partial charge in [0.15, 0.2) is 0 Å². The van der Waals surface area contributed by atoms with Gasteiger partial charge in [0.05, 0.1) is 6.20 Å². The third-order valence-corrected chi connectivity index (χ3v) is 4.01. The molecule has 0 bridgehead atoms. The number of rotatable bonds is 1. The third kappa shape index (κ3) is 3.17. The van der Waals surface area contributed by atoms with Crippen molar-refractivity contribution in [3.63, 3.8) is 0 Å². The lowest BCUT2D eigenvalue weighted by Gasteiger charge is -2.33. The lowest BCUT2D eigenvalue weighted by atomic mass is 9.72. The van der Waals surface area contributed by atoms with E-state index < -0.39 is 0 Å². The minimum absolute atomic E-state index is 0.0626. The van der Waals surface area contributed by atoms with Crippen LogP contribution in [-0.4, -0.2) is 15.4 Å². The van der Waals surface area contributed by atoms with Crippen LogP contribution in [0.3, 0.4) is 0 Å². The maximum absolute atomic E-state index is 6.26. The van der Waals surface area contributed by atoms with Gasteiger partial charge in [0.2, 0.25) is 0 Å². The zero-order valence-corrected chi connectivity index (χ0v) is 12.4. The van der Waals surface area contributed by atoms with E-state index >= 15 is 0 Å². The van der Waals surface area contributed by atoms with Gasteiger partial charge in [-0.3, -0.25) is 5.10 Å². The fraction of sp³-hybridized carbons (Fsp3) is 0.250. The van der Waals surface area contributed by atoms with Crippen molar-refractivity contribution in [3.8, 4) is 0 Å². The predicted molar refractivity (Wildman–Crippen MR) is 82.7 cm³/mol. The molecule has 4 heteroatoms. The van der Waals surface area contributed by atoms with Crippen molar-refractivity contribution < 1.29 is 0 Å². The van der Waals surface area contributed by atoms with Gasteiger partial charge >= 0.3 is 0 Å². The average Bonchev–Trinajstić information content (AvgIpc) is 3.02. The number of aromatic nitrogens is 3. The van der Waals surface area contributed by atoms with E-state index in [2.05, 4.69) is 59.6 Å². The molecular formula is C16H18ClN3. The summed E-state index contributed by atoms with van der Waals surface area (Å²) in [5, 5.41) is 10.1. The Labute approximate surface area is 124 Å². The molecule has 1 aromatic heterocycles. The second-order valence-electron chi connectivity index (χ2n) is 4.95. The van der Waals surface area contributed by atoms with Gasteiger partial charge in [0.25, 0.3) is 0 Å². The number of allylic oxidation sites excluding steroid dienone is 4. The van der Waals surface area contributed by atoms with Gasteiger partial charge in [-0.15, -0.1) is 5.10 Å².